The average Bonchev–Trinajstić information content (AvgIpc) is 3.00. The molecular formula is C20H19N3O2S. The molecule has 2 aromatic heterocycles. The first-order chi connectivity index (χ1) is 12.7. The van der Waals surface area contributed by atoms with Gasteiger partial charge in [0.25, 0.3) is 0 Å². The highest BCUT2D eigenvalue weighted by molar-refractivity contribution is 7.97. The molecule has 0 aliphatic heterocycles. The summed E-state index contributed by atoms with van der Waals surface area (Å²) in [6, 6.07) is 16.3. The van der Waals surface area contributed by atoms with Crippen LogP contribution in [0.15, 0.2) is 59.6 Å². The van der Waals surface area contributed by atoms with E-state index in [1.54, 1.807) is 14.2 Å². The van der Waals surface area contributed by atoms with E-state index in [2.05, 4.69) is 27.8 Å². The van der Waals surface area contributed by atoms with E-state index in [1.807, 2.05) is 36.5 Å². The Balaban J connectivity index is 1.93. The van der Waals surface area contributed by atoms with E-state index in [9.17, 15) is 0 Å². The maximum Gasteiger partial charge on any atom is 0.162 e. The lowest BCUT2D eigenvalue weighted by atomic mass is 10.2. The van der Waals surface area contributed by atoms with Crippen molar-refractivity contribution in [2.45, 2.75) is 11.4 Å². The molecule has 4 aromatic rings. The van der Waals surface area contributed by atoms with Crippen molar-refractivity contribution < 1.29 is 9.47 Å². The number of methoxy groups -OCH3 is 2. The summed E-state index contributed by atoms with van der Waals surface area (Å²) in [5.74, 6) is 1.41. The SMILES string of the molecule is COc1cc2c3ncccc3n(Cc3ccc(SN)cc3)c2cc1OC. The van der Waals surface area contributed by atoms with E-state index in [-0.39, 0.29) is 0 Å². The quantitative estimate of drug-likeness (QED) is 0.537. The average molecular weight is 365 g/mol. The number of rotatable bonds is 5. The van der Waals surface area contributed by atoms with Crippen LogP contribution in [0.4, 0.5) is 0 Å². The number of aromatic nitrogens is 2. The van der Waals surface area contributed by atoms with Crippen molar-refractivity contribution >= 4 is 33.9 Å². The fraction of sp³-hybridized carbons (Fsp3) is 0.150. The van der Waals surface area contributed by atoms with E-state index in [0.29, 0.717) is 11.5 Å². The predicted molar refractivity (Wildman–Crippen MR) is 106 cm³/mol. The molecule has 0 bridgehead atoms. The van der Waals surface area contributed by atoms with E-state index >= 15 is 0 Å². The first-order valence-corrected chi connectivity index (χ1v) is 9.07. The standard InChI is InChI=1S/C20H19N3O2S/c1-24-18-10-15-17(11-19(18)25-2)23(16-4-3-9-22-20(15)16)12-13-5-7-14(26-21)8-6-13/h3-11H,12,21H2,1-2H3. The third-order valence-electron chi connectivity index (χ3n) is 4.53. The molecule has 0 saturated heterocycles. The number of nitrogens with zero attached hydrogens (tertiary/aromatic N) is 2. The molecule has 2 heterocycles. The minimum Gasteiger partial charge on any atom is -0.493 e. The zero-order valence-electron chi connectivity index (χ0n) is 14.6. The van der Waals surface area contributed by atoms with Gasteiger partial charge in [-0.1, -0.05) is 12.1 Å². The minimum atomic E-state index is 0.703. The van der Waals surface area contributed by atoms with Crippen molar-refractivity contribution in [1.82, 2.24) is 9.55 Å². The van der Waals surface area contributed by atoms with Gasteiger partial charge >= 0.3 is 0 Å². The van der Waals surface area contributed by atoms with Crippen molar-refractivity contribution in [2.75, 3.05) is 14.2 Å². The summed E-state index contributed by atoms with van der Waals surface area (Å²) < 4.78 is 13.2. The van der Waals surface area contributed by atoms with Crippen LogP contribution < -0.4 is 14.6 Å². The van der Waals surface area contributed by atoms with Crippen LogP contribution in [0.2, 0.25) is 0 Å². The molecule has 6 heteroatoms. The van der Waals surface area contributed by atoms with Crippen LogP contribution in [0, 0.1) is 0 Å². The first kappa shape index (κ1) is 16.8. The summed E-state index contributed by atoms with van der Waals surface area (Å²) in [5, 5.41) is 6.67. The molecule has 0 amide bonds. The second-order valence-corrected chi connectivity index (χ2v) is 6.65. The normalized spacial score (nSPS) is 11.2. The number of benzene rings is 2. The smallest absolute Gasteiger partial charge is 0.162 e. The Morgan fingerprint density at radius 2 is 1.73 bits per heavy atom. The van der Waals surface area contributed by atoms with Crippen LogP contribution in [-0.2, 0) is 6.54 Å². The summed E-state index contributed by atoms with van der Waals surface area (Å²) in [4.78, 5) is 5.64. The molecule has 0 radical (unpaired) electrons. The Bertz CT molecular complexity index is 1070. The van der Waals surface area contributed by atoms with Crippen LogP contribution in [0.3, 0.4) is 0 Å². The summed E-state index contributed by atoms with van der Waals surface area (Å²) in [7, 11) is 3.30. The van der Waals surface area contributed by atoms with E-state index in [0.717, 1.165) is 33.4 Å². The fourth-order valence-electron chi connectivity index (χ4n) is 3.26. The van der Waals surface area contributed by atoms with Crippen LogP contribution >= 0.6 is 11.9 Å². The lowest BCUT2D eigenvalue weighted by Gasteiger charge is -2.11. The third-order valence-corrected chi connectivity index (χ3v) is 5.07. The summed E-state index contributed by atoms with van der Waals surface area (Å²) in [6.45, 7) is 0.733. The van der Waals surface area contributed by atoms with Gasteiger partial charge in [-0.25, -0.2) is 0 Å². The van der Waals surface area contributed by atoms with E-state index < -0.39 is 0 Å². The molecule has 26 heavy (non-hydrogen) atoms. The van der Waals surface area contributed by atoms with Gasteiger partial charge in [0.1, 0.15) is 0 Å². The monoisotopic (exact) mass is 365 g/mol. The van der Waals surface area contributed by atoms with E-state index in [4.69, 9.17) is 14.6 Å². The molecule has 2 aromatic carbocycles. The molecule has 0 unspecified atom stereocenters. The van der Waals surface area contributed by atoms with Gasteiger partial charge in [0.2, 0.25) is 0 Å². The molecule has 0 atom stereocenters. The highest BCUT2D eigenvalue weighted by Gasteiger charge is 2.16. The third kappa shape index (κ3) is 2.77. The second kappa shape index (κ2) is 6.90. The molecule has 0 aliphatic carbocycles. The second-order valence-electron chi connectivity index (χ2n) is 5.94. The fourth-order valence-corrected chi connectivity index (χ4v) is 3.55. The zero-order chi connectivity index (χ0) is 18.1. The van der Waals surface area contributed by atoms with Crippen molar-refractivity contribution in [3.63, 3.8) is 0 Å². The molecular weight excluding hydrogens is 346 g/mol. The van der Waals surface area contributed by atoms with E-state index in [1.165, 1.54) is 17.5 Å². The molecule has 0 spiro atoms. The van der Waals surface area contributed by atoms with Crippen molar-refractivity contribution in [3.8, 4) is 11.5 Å². The number of fused-ring (bicyclic) bond motifs is 3. The summed E-state index contributed by atoms with van der Waals surface area (Å²) >= 11 is 1.25. The maximum atomic E-state index is 5.62. The Kier molecular flexibility index (Phi) is 4.44. The van der Waals surface area contributed by atoms with Crippen LogP contribution in [-0.4, -0.2) is 23.8 Å². The molecule has 4 rings (SSSR count). The van der Waals surface area contributed by atoms with Crippen molar-refractivity contribution in [1.29, 1.82) is 0 Å². The van der Waals surface area contributed by atoms with Crippen molar-refractivity contribution in [2.24, 2.45) is 5.14 Å². The molecule has 5 nitrogen and oxygen atoms in total. The van der Waals surface area contributed by atoms with Gasteiger partial charge in [0, 0.05) is 29.1 Å². The highest BCUT2D eigenvalue weighted by Crippen LogP contribution is 2.37. The highest BCUT2D eigenvalue weighted by atomic mass is 32.2. The molecule has 0 fully saturated rings. The molecule has 132 valence electrons. The summed E-state index contributed by atoms with van der Waals surface area (Å²) in [6.07, 6.45) is 1.82. The Morgan fingerprint density at radius 3 is 2.42 bits per heavy atom. The molecule has 0 aliphatic rings. The largest absolute Gasteiger partial charge is 0.493 e. The Morgan fingerprint density at radius 1 is 1.00 bits per heavy atom. The summed E-state index contributed by atoms with van der Waals surface area (Å²) in [5.41, 5.74) is 4.29. The first-order valence-electron chi connectivity index (χ1n) is 8.19. The van der Waals surface area contributed by atoms with Crippen molar-refractivity contribution in [3.05, 3.63) is 60.3 Å². The Labute approximate surface area is 155 Å². The number of pyridine rings is 1. The lowest BCUT2D eigenvalue weighted by molar-refractivity contribution is 0.355. The van der Waals surface area contributed by atoms with Gasteiger partial charge in [0.15, 0.2) is 11.5 Å². The number of hydrogen-bond donors (Lipinski definition) is 1. The number of ether oxygens (including phenoxy) is 2. The topological polar surface area (TPSA) is 62.3 Å². The minimum absolute atomic E-state index is 0.703. The van der Waals surface area contributed by atoms with Gasteiger partial charge in [-0.3, -0.25) is 10.1 Å². The van der Waals surface area contributed by atoms with Gasteiger partial charge < -0.3 is 14.0 Å². The lowest BCUT2D eigenvalue weighted by Crippen LogP contribution is -2.00. The van der Waals surface area contributed by atoms with Gasteiger partial charge in [-0.2, -0.15) is 0 Å². The van der Waals surface area contributed by atoms with Crippen LogP contribution in [0.25, 0.3) is 21.9 Å². The zero-order valence-corrected chi connectivity index (χ0v) is 15.4. The van der Waals surface area contributed by atoms with Crippen LogP contribution in [0.5, 0.6) is 11.5 Å². The Hall–Kier alpha value is -2.70. The van der Waals surface area contributed by atoms with Gasteiger partial charge in [0.05, 0.1) is 30.8 Å². The molecule has 0 saturated carbocycles. The number of nitrogens with two attached hydrogens (primary N) is 1. The van der Waals surface area contributed by atoms with Gasteiger partial charge in [-0.05, 0) is 47.8 Å². The maximum absolute atomic E-state index is 5.62. The number of hydrogen-bond acceptors (Lipinski definition) is 5. The molecule has 2 N–H and O–H groups in total. The predicted octanol–water partition coefficient (Wildman–Crippen LogP) is 4.22. The van der Waals surface area contributed by atoms with Gasteiger partial charge in [-0.15, -0.1) is 0 Å². The van der Waals surface area contributed by atoms with Crippen LogP contribution in [0.1, 0.15) is 5.56 Å².